The first-order valence-corrected chi connectivity index (χ1v) is 6.96. The number of ether oxygens (including phenoxy) is 1. The van der Waals surface area contributed by atoms with E-state index in [9.17, 15) is 9.59 Å². The third-order valence-electron chi connectivity index (χ3n) is 4.02. The molecule has 1 aliphatic rings. The Morgan fingerprint density at radius 2 is 1.76 bits per heavy atom. The first kappa shape index (κ1) is 13.6. The molecule has 0 saturated carbocycles. The molecule has 106 valence electrons. The van der Waals surface area contributed by atoms with Crippen molar-refractivity contribution in [3.05, 3.63) is 59.2 Å². The summed E-state index contributed by atoms with van der Waals surface area (Å²) >= 11 is 0. The summed E-state index contributed by atoms with van der Waals surface area (Å²) in [6, 6.07) is 13.1. The van der Waals surface area contributed by atoms with Crippen LogP contribution in [0.4, 0.5) is 0 Å². The van der Waals surface area contributed by atoms with Crippen LogP contribution >= 0.6 is 0 Å². The Hall–Kier alpha value is -2.42. The third-order valence-corrected chi connectivity index (χ3v) is 4.02. The van der Waals surface area contributed by atoms with Gasteiger partial charge in [-0.05, 0) is 35.2 Å². The lowest BCUT2D eigenvalue weighted by Gasteiger charge is -2.08. The molecule has 3 rings (SSSR count). The molecule has 2 aromatic rings. The SMILES string of the molecule is COC(=O)c1ccc(-c2cccc3c2CC(C)C3=O)cc1. The van der Waals surface area contributed by atoms with Crippen LogP contribution in [0.3, 0.4) is 0 Å². The van der Waals surface area contributed by atoms with Gasteiger partial charge in [0.25, 0.3) is 0 Å². The van der Waals surface area contributed by atoms with E-state index in [0.717, 1.165) is 28.7 Å². The van der Waals surface area contributed by atoms with Gasteiger partial charge in [0.15, 0.2) is 5.78 Å². The van der Waals surface area contributed by atoms with Gasteiger partial charge in [-0.3, -0.25) is 4.79 Å². The number of carbonyl (C=O) groups is 2. The Labute approximate surface area is 123 Å². The zero-order chi connectivity index (χ0) is 15.0. The van der Waals surface area contributed by atoms with Crippen molar-refractivity contribution < 1.29 is 14.3 Å². The molecule has 1 unspecified atom stereocenters. The molecule has 0 heterocycles. The summed E-state index contributed by atoms with van der Waals surface area (Å²) in [7, 11) is 1.37. The smallest absolute Gasteiger partial charge is 0.337 e. The van der Waals surface area contributed by atoms with Crippen molar-refractivity contribution in [1.29, 1.82) is 0 Å². The highest BCUT2D eigenvalue weighted by Gasteiger charge is 2.28. The van der Waals surface area contributed by atoms with Crippen molar-refractivity contribution in [3.8, 4) is 11.1 Å². The number of hydrogen-bond donors (Lipinski definition) is 0. The van der Waals surface area contributed by atoms with Gasteiger partial charge >= 0.3 is 5.97 Å². The highest BCUT2D eigenvalue weighted by molar-refractivity contribution is 6.04. The lowest BCUT2D eigenvalue weighted by atomic mass is 9.96. The highest BCUT2D eigenvalue weighted by atomic mass is 16.5. The minimum atomic E-state index is -0.344. The first-order valence-electron chi connectivity index (χ1n) is 6.96. The van der Waals surface area contributed by atoms with Gasteiger partial charge in [0.2, 0.25) is 0 Å². The number of Topliss-reactive ketones (excluding diaryl/α,β-unsaturated/α-hetero) is 1. The maximum atomic E-state index is 12.1. The third kappa shape index (κ3) is 2.25. The normalized spacial score (nSPS) is 16.7. The average molecular weight is 280 g/mol. The van der Waals surface area contributed by atoms with Crippen molar-refractivity contribution in [2.75, 3.05) is 7.11 Å². The van der Waals surface area contributed by atoms with Crippen molar-refractivity contribution in [1.82, 2.24) is 0 Å². The number of methoxy groups -OCH3 is 1. The zero-order valence-electron chi connectivity index (χ0n) is 12.1. The number of benzene rings is 2. The fraction of sp³-hybridized carbons (Fsp3) is 0.222. The fourth-order valence-corrected chi connectivity index (χ4v) is 2.88. The minimum Gasteiger partial charge on any atom is -0.465 e. The van der Waals surface area contributed by atoms with Crippen LogP contribution in [0.2, 0.25) is 0 Å². The molecular weight excluding hydrogens is 264 g/mol. The lowest BCUT2D eigenvalue weighted by molar-refractivity contribution is 0.0600. The van der Waals surface area contributed by atoms with Crippen LogP contribution < -0.4 is 0 Å². The Balaban J connectivity index is 2.03. The molecule has 0 spiro atoms. The number of ketones is 1. The van der Waals surface area contributed by atoms with E-state index in [-0.39, 0.29) is 17.7 Å². The van der Waals surface area contributed by atoms with E-state index in [1.807, 2.05) is 37.3 Å². The summed E-state index contributed by atoms with van der Waals surface area (Å²) in [5.41, 5.74) is 4.55. The standard InChI is InChI=1S/C18H16O3/c1-11-10-16-14(4-3-5-15(16)17(11)19)12-6-8-13(9-7-12)18(20)21-2/h3-9,11H,10H2,1-2H3. The van der Waals surface area contributed by atoms with E-state index in [1.54, 1.807) is 12.1 Å². The molecule has 21 heavy (non-hydrogen) atoms. The quantitative estimate of drug-likeness (QED) is 0.791. The van der Waals surface area contributed by atoms with Crippen molar-refractivity contribution >= 4 is 11.8 Å². The summed E-state index contributed by atoms with van der Waals surface area (Å²) < 4.78 is 4.70. The van der Waals surface area contributed by atoms with Gasteiger partial charge in [0, 0.05) is 11.5 Å². The van der Waals surface area contributed by atoms with Crippen LogP contribution in [0.1, 0.15) is 33.2 Å². The average Bonchev–Trinajstić information content (AvgIpc) is 2.82. The zero-order valence-corrected chi connectivity index (χ0v) is 12.1. The second kappa shape index (κ2) is 5.17. The van der Waals surface area contributed by atoms with E-state index in [2.05, 4.69) is 0 Å². The van der Waals surface area contributed by atoms with Gasteiger partial charge in [0.05, 0.1) is 12.7 Å². The number of esters is 1. The topological polar surface area (TPSA) is 43.4 Å². The minimum absolute atomic E-state index is 0.0514. The molecule has 0 aromatic heterocycles. The summed E-state index contributed by atoms with van der Waals surface area (Å²) in [4.78, 5) is 23.6. The fourth-order valence-electron chi connectivity index (χ4n) is 2.88. The van der Waals surface area contributed by atoms with Gasteiger partial charge in [-0.1, -0.05) is 37.3 Å². The Morgan fingerprint density at radius 3 is 2.43 bits per heavy atom. The monoisotopic (exact) mass is 280 g/mol. The summed E-state index contributed by atoms with van der Waals surface area (Å²) in [5, 5.41) is 0. The Kier molecular flexibility index (Phi) is 3.34. The molecule has 3 heteroatoms. The van der Waals surface area contributed by atoms with Gasteiger partial charge < -0.3 is 4.74 Å². The largest absolute Gasteiger partial charge is 0.465 e. The number of fused-ring (bicyclic) bond motifs is 1. The summed E-state index contributed by atoms with van der Waals surface area (Å²) in [6.45, 7) is 1.96. The van der Waals surface area contributed by atoms with Crippen molar-refractivity contribution in [2.24, 2.45) is 5.92 Å². The molecule has 0 N–H and O–H groups in total. The maximum Gasteiger partial charge on any atom is 0.337 e. The van der Waals surface area contributed by atoms with Crippen LogP contribution in [0.15, 0.2) is 42.5 Å². The second-order valence-corrected chi connectivity index (χ2v) is 5.37. The van der Waals surface area contributed by atoms with Crippen LogP contribution in [-0.4, -0.2) is 18.9 Å². The van der Waals surface area contributed by atoms with Crippen LogP contribution in [-0.2, 0) is 11.2 Å². The molecule has 0 amide bonds. The van der Waals surface area contributed by atoms with Crippen LogP contribution in [0.25, 0.3) is 11.1 Å². The molecule has 3 nitrogen and oxygen atoms in total. The maximum absolute atomic E-state index is 12.1. The molecule has 1 atom stereocenters. The summed E-state index contributed by atoms with van der Waals surface area (Å²) in [6.07, 6.45) is 0.781. The van der Waals surface area contributed by atoms with Gasteiger partial charge in [0.1, 0.15) is 0 Å². The van der Waals surface area contributed by atoms with Crippen molar-refractivity contribution in [2.45, 2.75) is 13.3 Å². The number of carbonyl (C=O) groups excluding carboxylic acids is 2. The number of rotatable bonds is 2. The van der Waals surface area contributed by atoms with E-state index >= 15 is 0 Å². The Bertz CT molecular complexity index is 714. The molecule has 0 fully saturated rings. The highest BCUT2D eigenvalue weighted by Crippen LogP contribution is 2.34. The van der Waals surface area contributed by atoms with E-state index in [1.165, 1.54) is 7.11 Å². The second-order valence-electron chi connectivity index (χ2n) is 5.37. The molecule has 0 saturated heterocycles. The molecule has 2 aromatic carbocycles. The van der Waals surface area contributed by atoms with Crippen LogP contribution in [0, 0.1) is 5.92 Å². The van der Waals surface area contributed by atoms with E-state index in [4.69, 9.17) is 4.74 Å². The van der Waals surface area contributed by atoms with Gasteiger partial charge in [-0.2, -0.15) is 0 Å². The Morgan fingerprint density at radius 1 is 1.10 bits per heavy atom. The van der Waals surface area contributed by atoms with E-state index in [0.29, 0.717) is 5.56 Å². The van der Waals surface area contributed by atoms with Crippen molar-refractivity contribution in [3.63, 3.8) is 0 Å². The molecule has 0 radical (unpaired) electrons. The predicted molar refractivity (Wildman–Crippen MR) is 80.4 cm³/mol. The summed E-state index contributed by atoms with van der Waals surface area (Å²) in [5.74, 6) is -0.0721. The predicted octanol–water partition coefficient (Wildman–Crippen LogP) is 3.52. The van der Waals surface area contributed by atoms with Gasteiger partial charge in [-0.15, -0.1) is 0 Å². The van der Waals surface area contributed by atoms with Gasteiger partial charge in [-0.25, -0.2) is 4.79 Å². The molecule has 0 bridgehead atoms. The first-order chi connectivity index (χ1) is 10.1. The lowest BCUT2D eigenvalue weighted by Crippen LogP contribution is -2.02. The molecule has 0 aliphatic heterocycles. The molecular formula is C18H16O3. The molecule has 1 aliphatic carbocycles. The van der Waals surface area contributed by atoms with E-state index < -0.39 is 0 Å². The van der Waals surface area contributed by atoms with Crippen LogP contribution in [0.5, 0.6) is 0 Å². The number of hydrogen-bond acceptors (Lipinski definition) is 3.